The molecule has 1 aliphatic carbocycles. The van der Waals surface area contributed by atoms with Gasteiger partial charge >= 0.3 is 0 Å². The SMILES string of the molecule is NCC12CCC1CCN2Cc1cccc2c1CN(C1CCC(=O)NC1=O)C2=O. The van der Waals surface area contributed by atoms with E-state index in [9.17, 15) is 14.4 Å². The molecule has 7 nitrogen and oxygen atoms in total. The van der Waals surface area contributed by atoms with E-state index < -0.39 is 6.04 Å². The summed E-state index contributed by atoms with van der Waals surface area (Å²) in [6.45, 7) is 2.97. The third-order valence-electron chi connectivity index (χ3n) is 7.46. The van der Waals surface area contributed by atoms with Crippen LogP contribution in [0, 0.1) is 5.92 Å². The van der Waals surface area contributed by atoms with E-state index in [4.69, 9.17) is 5.73 Å². The molecule has 2 saturated heterocycles. The van der Waals surface area contributed by atoms with Gasteiger partial charge in [-0.3, -0.25) is 24.6 Å². The molecule has 3 aliphatic heterocycles. The number of nitrogens with two attached hydrogens (primary N) is 1. The maximum Gasteiger partial charge on any atom is 0.255 e. The molecular formula is C21H26N4O3. The van der Waals surface area contributed by atoms with Crippen molar-refractivity contribution in [2.24, 2.45) is 11.7 Å². The van der Waals surface area contributed by atoms with E-state index in [1.807, 2.05) is 12.1 Å². The number of imide groups is 1. The van der Waals surface area contributed by atoms with E-state index in [0.29, 0.717) is 31.0 Å². The Bertz CT molecular complexity index is 865. The Morgan fingerprint density at radius 1 is 1.18 bits per heavy atom. The summed E-state index contributed by atoms with van der Waals surface area (Å²) in [7, 11) is 0. The number of piperidine rings is 1. The van der Waals surface area contributed by atoms with Crippen molar-refractivity contribution in [2.45, 2.75) is 56.8 Å². The predicted octanol–water partition coefficient (Wildman–Crippen LogP) is 0.761. The highest BCUT2D eigenvalue weighted by molar-refractivity contribution is 6.05. The third kappa shape index (κ3) is 2.46. The standard InChI is InChI=1S/C21H26N4O3/c22-12-21-8-6-14(21)7-9-24(21)10-13-2-1-3-15-16(13)11-25(20(15)28)17-4-5-18(26)23-19(17)27/h1-3,14,17H,4-12,22H2,(H,23,26,27). The number of hydrogen-bond acceptors (Lipinski definition) is 5. The van der Waals surface area contributed by atoms with Crippen LogP contribution in [0.5, 0.6) is 0 Å². The summed E-state index contributed by atoms with van der Waals surface area (Å²) >= 11 is 0. The molecule has 148 valence electrons. The number of nitrogens with one attached hydrogen (secondary N) is 1. The maximum absolute atomic E-state index is 13.0. The van der Waals surface area contributed by atoms with Gasteiger partial charge in [0.05, 0.1) is 0 Å². The second-order valence-corrected chi connectivity index (χ2v) is 8.60. The van der Waals surface area contributed by atoms with Crippen molar-refractivity contribution >= 4 is 17.7 Å². The number of likely N-dealkylation sites (tertiary alicyclic amines) is 1. The molecule has 4 aliphatic rings. The van der Waals surface area contributed by atoms with Gasteiger partial charge in [0.15, 0.2) is 0 Å². The van der Waals surface area contributed by atoms with E-state index in [2.05, 4.69) is 16.3 Å². The molecule has 7 heteroatoms. The number of benzene rings is 1. The zero-order valence-electron chi connectivity index (χ0n) is 15.9. The van der Waals surface area contributed by atoms with Gasteiger partial charge in [-0.15, -0.1) is 0 Å². The van der Waals surface area contributed by atoms with E-state index >= 15 is 0 Å². The van der Waals surface area contributed by atoms with Gasteiger partial charge in [0.1, 0.15) is 6.04 Å². The molecule has 3 fully saturated rings. The Morgan fingerprint density at radius 3 is 2.75 bits per heavy atom. The average molecular weight is 382 g/mol. The minimum atomic E-state index is -0.566. The first-order valence-electron chi connectivity index (χ1n) is 10.2. The molecule has 0 radical (unpaired) electrons. The van der Waals surface area contributed by atoms with Crippen molar-refractivity contribution in [1.29, 1.82) is 0 Å². The Morgan fingerprint density at radius 2 is 2.04 bits per heavy atom. The number of carbonyl (C=O) groups is 3. The van der Waals surface area contributed by atoms with Crippen molar-refractivity contribution in [3.8, 4) is 0 Å². The van der Waals surface area contributed by atoms with Gasteiger partial charge < -0.3 is 10.6 Å². The van der Waals surface area contributed by atoms with E-state index in [1.54, 1.807) is 4.90 Å². The van der Waals surface area contributed by atoms with E-state index in [1.165, 1.54) is 12.8 Å². The fourth-order valence-electron chi connectivity index (χ4n) is 5.68. The molecule has 1 saturated carbocycles. The fraction of sp³-hybridized carbons (Fsp3) is 0.571. The smallest absolute Gasteiger partial charge is 0.255 e. The molecular weight excluding hydrogens is 356 g/mol. The summed E-state index contributed by atoms with van der Waals surface area (Å²) in [6, 6.07) is 5.31. The van der Waals surface area contributed by atoms with Crippen molar-refractivity contribution < 1.29 is 14.4 Å². The van der Waals surface area contributed by atoms with Crippen LogP contribution in [0.2, 0.25) is 0 Å². The number of fused-ring (bicyclic) bond motifs is 2. The fourth-order valence-corrected chi connectivity index (χ4v) is 5.68. The van der Waals surface area contributed by atoms with Gasteiger partial charge in [0, 0.05) is 37.2 Å². The first kappa shape index (κ1) is 17.8. The molecule has 0 spiro atoms. The zero-order valence-corrected chi connectivity index (χ0v) is 15.9. The van der Waals surface area contributed by atoms with Gasteiger partial charge in [0.25, 0.3) is 5.91 Å². The highest BCUT2D eigenvalue weighted by atomic mass is 16.2. The Labute approximate surface area is 164 Å². The van der Waals surface area contributed by atoms with Crippen LogP contribution in [0.1, 0.15) is 53.6 Å². The van der Waals surface area contributed by atoms with Crippen molar-refractivity contribution in [1.82, 2.24) is 15.1 Å². The van der Waals surface area contributed by atoms with Gasteiger partial charge in [-0.2, -0.15) is 0 Å². The summed E-state index contributed by atoms with van der Waals surface area (Å²) in [4.78, 5) is 40.8. The minimum Gasteiger partial charge on any atom is -0.329 e. The molecule has 0 aromatic heterocycles. The summed E-state index contributed by atoms with van der Waals surface area (Å²) in [5.74, 6) is -0.0288. The maximum atomic E-state index is 13.0. The van der Waals surface area contributed by atoms with Crippen LogP contribution in [-0.2, 0) is 22.7 Å². The highest BCUT2D eigenvalue weighted by Crippen LogP contribution is 2.50. The van der Waals surface area contributed by atoms with Gasteiger partial charge in [-0.25, -0.2) is 0 Å². The highest BCUT2D eigenvalue weighted by Gasteiger charge is 2.53. The number of carbonyl (C=O) groups excluding carboxylic acids is 3. The van der Waals surface area contributed by atoms with Gasteiger partial charge in [-0.1, -0.05) is 12.1 Å². The summed E-state index contributed by atoms with van der Waals surface area (Å²) in [5.41, 5.74) is 9.15. The van der Waals surface area contributed by atoms with Crippen LogP contribution >= 0.6 is 0 Å². The summed E-state index contributed by atoms with van der Waals surface area (Å²) in [5, 5.41) is 2.36. The topological polar surface area (TPSA) is 95.7 Å². The van der Waals surface area contributed by atoms with Crippen LogP contribution in [0.25, 0.3) is 0 Å². The lowest BCUT2D eigenvalue weighted by Gasteiger charge is -2.50. The number of hydrogen-bond donors (Lipinski definition) is 2. The van der Waals surface area contributed by atoms with Gasteiger partial charge in [-0.05, 0) is 55.3 Å². The first-order chi connectivity index (χ1) is 13.5. The molecule has 1 aromatic rings. The Balaban J connectivity index is 1.40. The molecule has 0 bridgehead atoms. The second-order valence-electron chi connectivity index (χ2n) is 8.60. The number of amides is 3. The molecule has 3 amide bonds. The van der Waals surface area contributed by atoms with Crippen LogP contribution in [-0.4, -0.2) is 52.2 Å². The third-order valence-corrected chi connectivity index (χ3v) is 7.46. The largest absolute Gasteiger partial charge is 0.329 e. The molecule has 3 heterocycles. The summed E-state index contributed by atoms with van der Waals surface area (Å²) in [6.07, 6.45) is 4.29. The van der Waals surface area contributed by atoms with E-state index in [-0.39, 0.29) is 29.7 Å². The normalized spacial score (nSPS) is 32.2. The molecule has 3 atom stereocenters. The summed E-state index contributed by atoms with van der Waals surface area (Å²) < 4.78 is 0. The first-order valence-corrected chi connectivity index (χ1v) is 10.2. The van der Waals surface area contributed by atoms with Crippen LogP contribution in [0.15, 0.2) is 18.2 Å². The molecule has 3 N–H and O–H groups in total. The molecule has 3 unspecified atom stereocenters. The molecule has 28 heavy (non-hydrogen) atoms. The zero-order chi connectivity index (χ0) is 19.5. The molecule has 1 aromatic carbocycles. The average Bonchev–Trinajstić information content (AvgIpc) is 3.10. The lowest BCUT2D eigenvalue weighted by atomic mass is 9.67. The lowest BCUT2D eigenvalue weighted by Crippen LogP contribution is -2.58. The second kappa shape index (κ2) is 6.39. The lowest BCUT2D eigenvalue weighted by molar-refractivity contribution is -0.136. The number of rotatable bonds is 4. The van der Waals surface area contributed by atoms with Crippen molar-refractivity contribution in [2.75, 3.05) is 13.1 Å². The van der Waals surface area contributed by atoms with E-state index in [0.717, 1.165) is 30.6 Å². The number of nitrogens with zero attached hydrogens (tertiary/aromatic N) is 2. The van der Waals surface area contributed by atoms with Crippen LogP contribution in [0.3, 0.4) is 0 Å². The monoisotopic (exact) mass is 382 g/mol. The van der Waals surface area contributed by atoms with Crippen molar-refractivity contribution in [3.63, 3.8) is 0 Å². The Hall–Kier alpha value is -2.25. The van der Waals surface area contributed by atoms with Crippen molar-refractivity contribution in [3.05, 3.63) is 34.9 Å². The van der Waals surface area contributed by atoms with Gasteiger partial charge in [0.2, 0.25) is 11.8 Å². The molecule has 5 rings (SSSR count). The minimum absolute atomic E-state index is 0.108. The quantitative estimate of drug-likeness (QED) is 0.750. The Kier molecular flexibility index (Phi) is 4.07. The predicted molar refractivity (Wildman–Crippen MR) is 102 cm³/mol. The van der Waals surface area contributed by atoms with Crippen LogP contribution in [0.4, 0.5) is 0 Å². The van der Waals surface area contributed by atoms with Crippen LogP contribution < -0.4 is 11.1 Å².